The summed E-state index contributed by atoms with van der Waals surface area (Å²) in [5.74, 6) is -0.0752. The lowest BCUT2D eigenvalue weighted by molar-refractivity contribution is 0.103. The molecule has 4 heteroatoms. The molecule has 4 nitrogen and oxygen atoms in total. The molecule has 0 aliphatic rings. The van der Waals surface area contributed by atoms with E-state index in [1.807, 2.05) is 0 Å². The molecule has 0 spiro atoms. The molecule has 2 rings (SSSR count). The molecule has 0 aromatic carbocycles. The number of rotatable bonds is 2. The molecule has 0 bridgehead atoms. The molecule has 0 aliphatic carbocycles. The number of hydrogen-bond acceptors (Lipinski definition) is 3. The summed E-state index contributed by atoms with van der Waals surface area (Å²) in [5.41, 5.74) is 1.10. The lowest BCUT2D eigenvalue weighted by Crippen LogP contribution is -2.05. The van der Waals surface area contributed by atoms with Gasteiger partial charge in [-0.2, -0.15) is 0 Å². The van der Waals surface area contributed by atoms with Gasteiger partial charge in [0.1, 0.15) is 12.0 Å². The SMILES string of the molecule is Cn1cncc1C(=O)c1ccoc1. The number of hydrogen-bond donors (Lipinski definition) is 0. The summed E-state index contributed by atoms with van der Waals surface area (Å²) < 4.78 is 6.50. The van der Waals surface area contributed by atoms with Gasteiger partial charge in [-0.3, -0.25) is 4.79 Å². The minimum Gasteiger partial charge on any atom is -0.472 e. The number of nitrogens with zero attached hydrogens (tertiary/aromatic N) is 2. The van der Waals surface area contributed by atoms with E-state index < -0.39 is 0 Å². The average Bonchev–Trinajstić information content (AvgIpc) is 2.72. The van der Waals surface area contributed by atoms with Crippen LogP contribution in [0.1, 0.15) is 16.1 Å². The Balaban J connectivity index is 2.39. The highest BCUT2D eigenvalue weighted by Crippen LogP contribution is 2.08. The minimum atomic E-state index is -0.0752. The second-order valence-electron chi connectivity index (χ2n) is 2.73. The van der Waals surface area contributed by atoms with Gasteiger partial charge in [0, 0.05) is 7.05 Å². The van der Waals surface area contributed by atoms with Crippen LogP contribution in [0.2, 0.25) is 0 Å². The summed E-state index contributed by atoms with van der Waals surface area (Å²) >= 11 is 0. The fourth-order valence-corrected chi connectivity index (χ4v) is 1.12. The van der Waals surface area contributed by atoms with Crippen LogP contribution in [0.4, 0.5) is 0 Å². The molecule has 2 aromatic rings. The molecule has 0 saturated carbocycles. The zero-order chi connectivity index (χ0) is 9.26. The van der Waals surface area contributed by atoms with E-state index in [0.29, 0.717) is 11.3 Å². The minimum absolute atomic E-state index is 0.0752. The van der Waals surface area contributed by atoms with Gasteiger partial charge in [-0.1, -0.05) is 0 Å². The second kappa shape index (κ2) is 2.90. The number of aryl methyl sites for hydroxylation is 1. The lowest BCUT2D eigenvalue weighted by Gasteiger charge is -1.96. The number of ketones is 1. The molecule has 0 aliphatic heterocycles. The van der Waals surface area contributed by atoms with Crippen LogP contribution >= 0.6 is 0 Å². The van der Waals surface area contributed by atoms with Gasteiger partial charge in [0.25, 0.3) is 0 Å². The molecule has 0 saturated heterocycles. The maximum absolute atomic E-state index is 11.7. The standard InChI is InChI=1S/C9H8N2O2/c1-11-6-10-4-8(11)9(12)7-2-3-13-5-7/h2-6H,1H3. The van der Waals surface area contributed by atoms with Gasteiger partial charge in [0.2, 0.25) is 5.78 Å². The first kappa shape index (κ1) is 7.79. The Hall–Kier alpha value is -1.84. The Bertz CT molecular complexity index is 415. The van der Waals surface area contributed by atoms with Gasteiger partial charge in [0.15, 0.2) is 0 Å². The normalized spacial score (nSPS) is 10.2. The van der Waals surface area contributed by atoms with Crippen LogP contribution in [0.15, 0.2) is 35.5 Å². The molecular weight excluding hydrogens is 168 g/mol. The largest absolute Gasteiger partial charge is 0.472 e. The molecule has 13 heavy (non-hydrogen) atoms. The van der Waals surface area contributed by atoms with Gasteiger partial charge >= 0.3 is 0 Å². The summed E-state index contributed by atoms with van der Waals surface area (Å²) in [7, 11) is 1.78. The van der Waals surface area contributed by atoms with E-state index >= 15 is 0 Å². The number of aromatic nitrogens is 2. The van der Waals surface area contributed by atoms with Crippen molar-refractivity contribution in [2.24, 2.45) is 7.05 Å². The van der Waals surface area contributed by atoms with E-state index in [1.54, 1.807) is 24.0 Å². The zero-order valence-electron chi connectivity index (χ0n) is 7.10. The van der Waals surface area contributed by atoms with Crippen LogP contribution in [0.5, 0.6) is 0 Å². The van der Waals surface area contributed by atoms with Crippen molar-refractivity contribution < 1.29 is 9.21 Å². The molecule has 0 unspecified atom stereocenters. The highest BCUT2D eigenvalue weighted by molar-refractivity contribution is 6.07. The fourth-order valence-electron chi connectivity index (χ4n) is 1.12. The van der Waals surface area contributed by atoms with Crippen molar-refractivity contribution >= 4 is 5.78 Å². The van der Waals surface area contributed by atoms with Gasteiger partial charge in [-0.25, -0.2) is 4.98 Å². The lowest BCUT2D eigenvalue weighted by atomic mass is 10.2. The molecular formula is C9H8N2O2. The van der Waals surface area contributed by atoms with E-state index in [0.717, 1.165) is 0 Å². The van der Waals surface area contributed by atoms with Gasteiger partial charge < -0.3 is 8.98 Å². The number of furan rings is 1. The average molecular weight is 176 g/mol. The van der Waals surface area contributed by atoms with Crippen LogP contribution in [-0.2, 0) is 7.05 Å². The Labute approximate surface area is 74.8 Å². The summed E-state index contributed by atoms with van der Waals surface area (Å²) in [6.45, 7) is 0. The maximum Gasteiger partial charge on any atom is 0.214 e. The van der Waals surface area contributed by atoms with Crippen LogP contribution in [0.25, 0.3) is 0 Å². The predicted octanol–water partition coefficient (Wildman–Crippen LogP) is 1.24. The van der Waals surface area contributed by atoms with Crippen molar-refractivity contribution in [2.75, 3.05) is 0 Å². The third-order valence-corrected chi connectivity index (χ3v) is 1.83. The van der Waals surface area contributed by atoms with E-state index in [4.69, 9.17) is 4.42 Å². The van der Waals surface area contributed by atoms with Crippen molar-refractivity contribution in [3.63, 3.8) is 0 Å². The Morgan fingerprint density at radius 3 is 3.00 bits per heavy atom. The van der Waals surface area contributed by atoms with Gasteiger partial charge in [0.05, 0.1) is 24.4 Å². The van der Waals surface area contributed by atoms with Crippen LogP contribution in [0, 0.1) is 0 Å². The molecule has 66 valence electrons. The van der Waals surface area contributed by atoms with Gasteiger partial charge in [-0.15, -0.1) is 0 Å². The predicted molar refractivity (Wildman–Crippen MR) is 45.3 cm³/mol. The third-order valence-electron chi connectivity index (χ3n) is 1.83. The summed E-state index contributed by atoms with van der Waals surface area (Å²) in [6, 6.07) is 1.63. The Kier molecular flexibility index (Phi) is 1.73. The van der Waals surface area contributed by atoms with Crippen LogP contribution in [-0.4, -0.2) is 15.3 Å². The van der Waals surface area contributed by atoms with E-state index in [9.17, 15) is 4.79 Å². The summed E-state index contributed by atoms with van der Waals surface area (Å²) in [6.07, 6.45) is 6.03. The zero-order valence-corrected chi connectivity index (χ0v) is 7.10. The number of imidazole rings is 1. The first-order valence-corrected chi connectivity index (χ1v) is 3.82. The molecule has 0 atom stereocenters. The fraction of sp³-hybridized carbons (Fsp3) is 0.111. The topological polar surface area (TPSA) is 48.0 Å². The molecule has 0 N–H and O–H groups in total. The first-order valence-electron chi connectivity index (χ1n) is 3.82. The first-order chi connectivity index (χ1) is 6.29. The monoisotopic (exact) mass is 176 g/mol. The Morgan fingerprint density at radius 2 is 2.46 bits per heavy atom. The third kappa shape index (κ3) is 1.26. The number of carbonyl (C=O) groups excluding carboxylic acids is 1. The van der Waals surface area contributed by atoms with E-state index in [2.05, 4.69) is 4.98 Å². The quantitative estimate of drug-likeness (QED) is 0.647. The van der Waals surface area contributed by atoms with Crippen molar-refractivity contribution in [3.8, 4) is 0 Å². The van der Waals surface area contributed by atoms with Crippen molar-refractivity contribution in [3.05, 3.63) is 42.4 Å². The smallest absolute Gasteiger partial charge is 0.214 e. The molecule has 2 aromatic heterocycles. The van der Waals surface area contributed by atoms with Crippen molar-refractivity contribution in [1.82, 2.24) is 9.55 Å². The van der Waals surface area contributed by atoms with Crippen molar-refractivity contribution in [2.45, 2.75) is 0 Å². The highest BCUT2D eigenvalue weighted by Gasteiger charge is 2.12. The summed E-state index contributed by atoms with van der Waals surface area (Å²) in [5, 5.41) is 0. The van der Waals surface area contributed by atoms with E-state index in [1.165, 1.54) is 18.7 Å². The van der Waals surface area contributed by atoms with Crippen LogP contribution in [0.3, 0.4) is 0 Å². The van der Waals surface area contributed by atoms with E-state index in [-0.39, 0.29) is 5.78 Å². The molecule has 0 radical (unpaired) electrons. The van der Waals surface area contributed by atoms with Crippen molar-refractivity contribution in [1.29, 1.82) is 0 Å². The molecule has 0 fully saturated rings. The molecule has 2 heterocycles. The highest BCUT2D eigenvalue weighted by atomic mass is 16.3. The maximum atomic E-state index is 11.7. The van der Waals surface area contributed by atoms with Gasteiger partial charge in [-0.05, 0) is 6.07 Å². The van der Waals surface area contributed by atoms with Crippen LogP contribution < -0.4 is 0 Å². The summed E-state index contributed by atoms with van der Waals surface area (Å²) in [4.78, 5) is 15.5. The molecule has 0 amide bonds. The Morgan fingerprint density at radius 1 is 1.62 bits per heavy atom. The second-order valence-corrected chi connectivity index (χ2v) is 2.73. The number of carbonyl (C=O) groups is 1.